The van der Waals surface area contributed by atoms with E-state index >= 15 is 0 Å². The van der Waals surface area contributed by atoms with E-state index in [4.69, 9.17) is 23.2 Å². The summed E-state index contributed by atoms with van der Waals surface area (Å²) in [6.45, 7) is 1.17. The van der Waals surface area contributed by atoms with Gasteiger partial charge in [-0.1, -0.05) is 41.4 Å². The summed E-state index contributed by atoms with van der Waals surface area (Å²) in [5.41, 5.74) is 2.23. The Morgan fingerprint density at radius 2 is 1.96 bits per heavy atom. The number of rotatable bonds is 4. The predicted molar refractivity (Wildman–Crippen MR) is 93.1 cm³/mol. The van der Waals surface area contributed by atoms with Crippen LogP contribution in [0.5, 0.6) is 0 Å². The van der Waals surface area contributed by atoms with Gasteiger partial charge in [0.15, 0.2) is 0 Å². The summed E-state index contributed by atoms with van der Waals surface area (Å²) in [5, 5.41) is 1.10. The first-order chi connectivity index (χ1) is 11.0. The number of fused-ring (bicyclic) bond motifs is 1. The maximum Gasteiger partial charge on any atom is 0.258 e. The van der Waals surface area contributed by atoms with Crippen LogP contribution in [0.1, 0.15) is 11.3 Å². The van der Waals surface area contributed by atoms with Gasteiger partial charge in [-0.3, -0.25) is 14.1 Å². The van der Waals surface area contributed by atoms with Crippen LogP contribution in [0.25, 0.3) is 5.65 Å². The van der Waals surface area contributed by atoms with E-state index in [0.717, 1.165) is 11.3 Å². The van der Waals surface area contributed by atoms with E-state index in [2.05, 4.69) is 4.98 Å². The van der Waals surface area contributed by atoms with Crippen LogP contribution in [0.4, 0.5) is 0 Å². The summed E-state index contributed by atoms with van der Waals surface area (Å²) in [6.07, 6.45) is 1.71. The van der Waals surface area contributed by atoms with E-state index in [1.54, 1.807) is 18.3 Å². The number of aromatic nitrogens is 2. The number of hydrogen-bond acceptors (Lipinski definition) is 3. The van der Waals surface area contributed by atoms with E-state index in [1.807, 2.05) is 42.3 Å². The van der Waals surface area contributed by atoms with Gasteiger partial charge >= 0.3 is 0 Å². The zero-order valence-electron chi connectivity index (χ0n) is 12.5. The largest absolute Gasteiger partial charge is 0.296 e. The van der Waals surface area contributed by atoms with Gasteiger partial charge in [-0.15, -0.1) is 0 Å². The van der Waals surface area contributed by atoms with Crippen molar-refractivity contribution in [2.75, 3.05) is 7.05 Å². The highest BCUT2D eigenvalue weighted by molar-refractivity contribution is 6.42. The smallest absolute Gasteiger partial charge is 0.258 e. The van der Waals surface area contributed by atoms with E-state index in [1.165, 1.54) is 4.40 Å². The average Bonchev–Trinajstić information content (AvgIpc) is 2.52. The maximum atomic E-state index is 12.1. The minimum Gasteiger partial charge on any atom is -0.296 e. The molecular formula is C17H15Cl2N3O. The summed E-state index contributed by atoms with van der Waals surface area (Å²) in [4.78, 5) is 18.7. The monoisotopic (exact) mass is 347 g/mol. The summed E-state index contributed by atoms with van der Waals surface area (Å²) >= 11 is 12.3. The quantitative estimate of drug-likeness (QED) is 0.723. The summed E-state index contributed by atoms with van der Waals surface area (Å²) < 4.78 is 1.53. The molecule has 0 aliphatic carbocycles. The average molecular weight is 348 g/mol. The second kappa shape index (κ2) is 6.71. The number of nitrogens with zero attached hydrogens (tertiary/aromatic N) is 3. The lowest BCUT2D eigenvalue weighted by atomic mass is 10.2. The lowest BCUT2D eigenvalue weighted by Gasteiger charge is -2.17. The third-order valence-electron chi connectivity index (χ3n) is 3.53. The molecule has 6 heteroatoms. The second-order valence-electron chi connectivity index (χ2n) is 5.40. The van der Waals surface area contributed by atoms with Crippen molar-refractivity contribution in [3.63, 3.8) is 0 Å². The van der Waals surface area contributed by atoms with Crippen molar-refractivity contribution in [3.8, 4) is 0 Å². The molecule has 0 radical (unpaired) electrons. The molecular weight excluding hydrogens is 333 g/mol. The zero-order valence-corrected chi connectivity index (χ0v) is 14.1. The van der Waals surface area contributed by atoms with Crippen molar-refractivity contribution in [1.29, 1.82) is 0 Å². The van der Waals surface area contributed by atoms with Crippen LogP contribution in [0, 0.1) is 0 Å². The van der Waals surface area contributed by atoms with Gasteiger partial charge in [-0.25, -0.2) is 4.98 Å². The van der Waals surface area contributed by atoms with Crippen LogP contribution in [-0.4, -0.2) is 21.3 Å². The van der Waals surface area contributed by atoms with E-state index in [0.29, 0.717) is 28.8 Å². The van der Waals surface area contributed by atoms with Crippen molar-refractivity contribution in [2.45, 2.75) is 13.1 Å². The Bertz CT molecular complexity index is 908. The zero-order chi connectivity index (χ0) is 16.4. The maximum absolute atomic E-state index is 12.1. The van der Waals surface area contributed by atoms with Crippen molar-refractivity contribution < 1.29 is 0 Å². The predicted octanol–water partition coefficient (Wildman–Crippen LogP) is 3.63. The normalized spacial score (nSPS) is 11.3. The van der Waals surface area contributed by atoms with Crippen molar-refractivity contribution >= 4 is 28.8 Å². The minimum atomic E-state index is -0.0835. The van der Waals surface area contributed by atoms with Gasteiger partial charge in [0, 0.05) is 25.4 Å². The number of benzene rings is 1. The lowest BCUT2D eigenvalue weighted by molar-refractivity contribution is 0.315. The van der Waals surface area contributed by atoms with E-state index in [-0.39, 0.29) is 5.56 Å². The molecule has 3 rings (SSSR count). The molecule has 0 aliphatic heterocycles. The molecule has 0 fully saturated rings. The molecule has 2 heterocycles. The molecule has 2 aromatic heterocycles. The fourth-order valence-electron chi connectivity index (χ4n) is 2.48. The first kappa shape index (κ1) is 16.0. The van der Waals surface area contributed by atoms with Gasteiger partial charge in [0.05, 0.1) is 15.7 Å². The Labute approximate surface area is 143 Å². The Balaban J connectivity index is 1.81. The van der Waals surface area contributed by atoms with Gasteiger partial charge < -0.3 is 0 Å². The molecule has 0 bridgehead atoms. The second-order valence-corrected chi connectivity index (χ2v) is 6.18. The highest BCUT2D eigenvalue weighted by atomic mass is 35.5. The van der Waals surface area contributed by atoms with Gasteiger partial charge in [-0.2, -0.15) is 0 Å². The van der Waals surface area contributed by atoms with Crippen LogP contribution in [-0.2, 0) is 13.1 Å². The summed E-state index contributed by atoms with van der Waals surface area (Å²) in [5.74, 6) is 0. The van der Waals surface area contributed by atoms with Gasteiger partial charge in [0.2, 0.25) is 0 Å². The summed E-state index contributed by atoms with van der Waals surface area (Å²) in [7, 11) is 1.95. The molecule has 1 aromatic carbocycles. The number of halogens is 2. The van der Waals surface area contributed by atoms with Crippen molar-refractivity contribution in [2.24, 2.45) is 0 Å². The standard InChI is InChI=1S/C17H15Cl2N3O/c1-21(10-12-5-4-6-14(18)17(12)19)11-13-9-16(23)22-8-3-2-7-15(22)20-13/h2-9H,10-11H2,1H3. The molecule has 23 heavy (non-hydrogen) atoms. The van der Waals surface area contributed by atoms with E-state index < -0.39 is 0 Å². The van der Waals surface area contributed by atoms with Gasteiger partial charge in [0.25, 0.3) is 5.56 Å². The lowest BCUT2D eigenvalue weighted by Crippen LogP contribution is -2.21. The molecule has 0 saturated heterocycles. The fourth-order valence-corrected chi connectivity index (χ4v) is 2.86. The SMILES string of the molecule is CN(Cc1cc(=O)n2ccccc2n1)Cc1cccc(Cl)c1Cl. The third kappa shape index (κ3) is 3.55. The highest BCUT2D eigenvalue weighted by Crippen LogP contribution is 2.26. The molecule has 3 aromatic rings. The van der Waals surface area contributed by atoms with Crippen molar-refractivity contribution in [3.05, 3.63) is 80.3 Å². The number of pyridine rings is 1. The van der Waals surface area contributed by atoms with Crippen LogP contribution >= 0.6 is 23.2 Å². The Morgan fingerprint density at radius 1 is 1.13 bits per heavy atom. The van der Waals surface area contributed by atoms with Crippen LogP contribution in [0.2, 0.25) is 10.0 Å². The van der Waals surface area contributed by atoms with Crippen molar-refractivity contribution in [1.82, 2.24) is 14.3 Å². The first-order valence-electron chi connectivity index (χ1n) is 7.13. The fraction of sp³-hybridized carbons (Fsp3) is 0.176. The Kier molecular flexibility index (Phi) is 4.66. The van der Waals surface area contributed by atoms with Crippen LogP contribution in [0.3, 0.4) is 0 Å². The number of hydrogen-bond donors (Lipinski definition) is 0. The third-order valence-corrected chi connectivity index (χ3v) is 4.39. The molecule has 0 spiro atoms. The molecule has 0 amide bonds. The van der Waals surface area contributed by atoms with Crippen LogP contribution in [0.15, 0.2) is 53.5 Å². The Hall–Kier alpha value is -1.88. The molecule has 0 saturated carbocycles. The highest BCUT2D eigenvalue weighted by Gasteiger charge is 2.09. The van der Waals surface area contributed by atoms with Gasteiger partial charge in [-0.05, 0) is 30.8 Å². The topological polar surface area (TPSA) is 37.6 Å². The molecule has 4 nitrogen and oxygen atoms in total. The minimum absolute atomic E-state index is 0.0835. The molecule has 0 atom stereocenters. The van der Waals surface area contributed by atoms with Crippen LogP contribution < -0.4 is 5.56 Å². The molecule has 118 valence electrons. The molecule has 0 aliphatic rings. The molecule has 0 N–H and O–H groups in total. The Morgan fingerprint density at radius 3 is 2.78 bits per heavy atom. The summed E-state index contributed by atoms with van der Waals surface area (Å²) in [6, 6.07) is 12.6. The molecule has 0 unspecified atom stereocenters. The van der Waals surface area contributed by atoms with Gasteiger partial charge in [0.1, 0.15) is 5.65 Å². The van der Waals surface area contributed by atoms with E-state index in [9.17, 15) is 4.79 Å². The first-order valence-corrected chi connectivity index (χ1v) is 7.89.